The summed E-state index contributed by atoms with van der Waals surface area (Å²) in [6, 6.07) is 6.84. The summed E-state index contributed by atoms with van der Waals surface area (Å²) in [7, 11) is 0. The molecule has 0 unspecified atom stereocenters. The minimum Gasteiger partial charge on any atom is -0.370 e. The number of hydrogen-bond donors (Lipinski definition) is 1. The summed E-state index contributed by atoms with van der Waals surface area (Å²) in [4.78, 5) is 20.2. The molecule has 1 N–H and O–H groups in total. The first-order valence-electron chi connectivity index (χ1n) is 10.6. The van der Waals surface area contributed by atoms with Crippen molar-refractivity contribution in [2.24, 2.45) is 0 Å². The lowest BCUT2D eigenvalue weighted by atomic mass is 10.0. The van der Waals surface area contributed by atoms with Crippen LogP contribution in [0.5, 0.6) is 0 Å². The van der Waals surface area contributed by atoms with Crippen molar-refractivity contribution in [2.75, 3.05) is 23.3 Å². The highest BCUT2D eigenvalue weighted by Gasteiger charge is 2.23. The van der Waals surface area contributed by atoms with Crippen molar-refractivity contribution >= 4 is 28.3 Å². The van der Waals surface area contributed by atoms with E-state index in [2.05, 4.69) is 15.3 Å². The Morgan fingerprint density at radius 3 is 2.57 bits per heavy atom. The number of amides is 1. The molecule has 158 valence electrons. The number of pyridine rings is 1. The van der Waals surface area contributed by atoms with Gasteiger partial charge in [-0.2, -0.15) is 5.10 Å². The second kappa shape index (κ2) is 8.05. The highest BCUT2D eigenvalue weighted by Crippen LogP contribution is 2.32. The Morgan fingerprint density at radius 1 is 1.17 bits per heavy atom. The maximum Gasteiger partial charge on any atom is 0.256 e. The van der Waals surface area contributed by atoms with E-state index in [-0.39, 0.29) is 23.6 Å². The lowest BCUT2D eigenvalue weighted by molar-refractivity contribution is 0.102. The summed E-state index contributed by atoms with van der Waals surface area (Å²) < 4.78 is 16.6. The van der Waals surface area contributed by atoms with Crippen molar-refractivity contribution in [3.05, 3.63) is 47.5 Å². The molecule has 3 aromatic rings. The molecule has 1 aliphatic heterocycles. The zero-order valence-corrected chi connectivity index (χ0v) is 17.9. The Morgan fingerprint density at radius 2 is 1.90 bits per heavy atom. The van der Waals surface area contributed by atoms with Crippen LogP contribution < -0.4 is 10.2 Å². The van der Waals surface area contributed by atoms with Crippen LogP contribution in [0.3, 0.4) is 0 Å². The van der Waals surface area contributed by atoms with E-state index in [9.17, 15) is 9.18 Å². The SMILES string of the molecule is CC(C)c1cc(C(=O)Nc2c(F)cccc2N2CCCC2)c2cnn(C(C)C)c2n1. The molecule has 1 saturated heterocycles. The fourth-order valence-electron chi connectivity index (χ4n) is 3.94. The minimum atomic E-state index is -0.431. The van der Waals surface area contributed by atoms with Crippen LogP contribution in [0.2, 0.25) is 0 Å². The Bertz CT molecular complexity index is 1080. The van der Waals surface area contributed by atoms with Gasteiger partial charge in [-0.05, 0) is 50.8 Å². The van der Waals surface area contributed by atoms with Gasteiger partial charge in [-0.1, -0.05) is 19.9 Å². The van der Waals surface area contributed by atoms with Gasteiger partial charge < -0.3 is 10.2 Å². The molecule has 1 aliphatic rings. The predicted octanol–water partition coefficient (Wildman–Crippen LogP) is 5.13. The number of nitrogens with zero attached hydrogens (tertiary/aromatic N) is 4. The van der Waals surface area contributed by atoms with Crippen molar-refractivity contribution in [3.8, 4) is 0 Å². The molecule has 1 amide bonds. The third-order valence-corrected chi connectivity index (χ3v) is 5.59. The zero-order valence-electron chi connectivity index (χ0n) is 17.9. The Hall–Kier alpha value is -2.96. The van der Waals surface area contributed by atoms with E-state index in [1.54, 1.807) is 18.3 Å². The number of carbonyl (C=O) groups excluding carboxylic acids is 1. The van der Waals surface area contributed by atoms with E-state index < -0.39 is 5.82 Å². The van der Waals surface area contributed by atoms with E-state index in [1.165, 1.54) is 6.07 Å². The zero-order chi connectivity index (χ0) is 21.4. The standard InChI is InChI=1S/C23H28FN5O/c1-14(2)19-12-16(17-13-25-29(15(3)4)22(17)26-19)23(30)27-21-18(24)8-7-9-20(21)28-10-5-6-11-28/h7-9,12-15H,5-6,10-11H2,1-4H3,(H,27,30). The molecule has 30 heavy (non-hydrogen) atoms. The molecule has 0 bridgehead atoms. The first-order chi connectivity index (χ1) is 14.4. The van der Waals surface area contributed by atoms with Gasteiger partial charge in [0.05, 0.1) is 22.8 Å². The van der Waals surface area contributed by atoms with Crippen molar-refractivity contribution in [2.45, 2.75) is 52.5 Å². The molecule has 0 atom stereocenters. The van der Waals surface area contributed by atoms with Crippen molar-refractivity contribution in [1.29, 1.82) is 0 Å². The summed E-state index contributed by atoms with van der Waals surface area (Å²) >= 11 is 0. The van der Waals surface area contributed by atoms with Crippen LogP contribution in [0.1, 0.15) is 68.5 Å². The van der Waals surface area contributed by atoms with Crippen LogP contribution in [-0.4, -0.2) is 33.8 Å². The lowest BCUT2D eigenvalue weighted by Crippen LogP contribution is -2.22. The number of fused-ring (bicyclic) bond motifs is 1. The molecule has 0 radical (unpaired) electrons. The van der Waals surface area contributed by atoms with E-state index in [0.29, 0.717) is 16.6 Å². The van der Waals surface area contributed by atoms with Gasteiger partial charge in [0, 0.05) is 24.8 Å². The number of rotatable bonds is 5. The van der Waals surface area contributed by atoms with Crippen LogP contribution >= 0.6 is 0 Å². The summed E-state index contributed by atoms with van der Waals surface area (Å²) in [6.07, 6.45) is 3.81. The fraction of sp³-hybridized carbons (Fsp3) is 0.435. The minimum absolute atomic E-state index is 0.113. The number of para-hydroxylation sites is 1. The molecule has 0 saturated carbocycles. The molecule has 6 nitrogen and oxygen atoms in total. The van der Waals surface area contributed by atoms with Gasteiger partial charge in [0.2, 0.25) is 0 Å². The molecule has 1 aromatic carbocycles. The number of hydrogen-bond acceptors (Lipinski definition) is 4. The number of carbonyl (C=O) groups is 1. The average Bonchev–Trinajstić information content (AvgIpc) is 3.38. The number of halogens is 1. The molecular weight excluding hydrogens is 381 g/mol. The quantitative estimate of drug-likeness (QED) is 0.635. The number of nitrogens with one attached hydrogen (secondary N) is 1. The van der Waals surface area contributed by atoms with Crippen LogP contribution in [0, 0.1) is 5.82 Å². The van der Waals surface area contributed by atoms with Gasteiger partial charge >= 0.3 is 0 Å². The fourth-order valence-corrected chi connectivity index (χ4v) is 3.94. The summed E-state index contributed by atoms with van der Waals surface area (Å²) in [5.74, 6) is -0.636. The Labute approximate surface area is 176 Å². The molecular formula is C23H28FN5O. The third kappa shape index (κ3) is 3.64. The predicted molar refractivity (Wildman–Crippen MR) is 118 cm³/mol. The van der Waals surface area contributed by atoms with Gasteiger partial charge in [0.1, 0.15) is 11.5 Å². The van der Waals surface area contributed by atoms with Crippen molar-refractivity contribution < 1.29 is 9.18 Å². The molecule has 1 fully saturated rings. The van der Waals surface area contributed by atoms with Gasteiger partial charge in [-0.15, -0.1) is 0 Å². The Balaban J connectivity index is 1.78. The van der Waals surface area contributed by atoms with Gasteiger partial charge in [0.25, 0.3) is 5.91 Å². The van der Waals surface area contributed by atoms with E-state index in [1.807, 2.05) is 38.4 Å². The molecule has 4 rings (SSSR count). The van der Waals surface area contributed by atoms with Gasteiger partial charge in [-0.3, -0.25) is 4.79 Å². The van der Waals surface area contributed by atoms with Gasteiger partial charge in [0.15, 0.2) is 5.65 Å². The molecule has 0 aliphatic carbocycles. The molecule has 3 heterocycles. The van der Waals surface area contributed by atoms with Crippen LogP contribution in [-0.2, 0) is 0 Å². The number of benzene rings is 1. The van der Waals surface area contributed by atoms with Crippen molar-refractivity contribution in [3.63, 3.8) is 0 Å². The first-order valence-corrected chi connectivity index (χ1v) is 10.6. The van der Waals surface area contributed by atoms with Crippen LogP contribution in [0.15, 0.2) is 30.5 Å². The number of anilines is 2. The summed E-state index contributed by atoms with van der Waals surface area (Å²) in [5, 5.41) is 7.95. The maximum atomic E-state index is 14.7. The maximum absolute atomic E-state index is 14.7. The first kappa shape index (κ1) is 20.3. The molecule has 0 spiro atoms. The summed E-state index contributed by atoms with van der Waals surface area (Å²) in [6.45, 7) is 9.85. The Kier molecular flexibility index (Phi) is 5.45. The smallest absolute Gasteiger partial charge is 0.256 e. The molecule has 2 aromatic heterocycles. The number of aromatic nitrogens is 3. The van der Waals surface area contributed by atoms with Crippen LogP contribution in [0.4, 0.5) is 15.8 Å². The third-order valence-electron chi connectivity index (χ3n) is 5.59. The molecule has 7 heteroatoms. The van der Waals surface area contributed by atoms with E-state index in [4.69, 9.17) is 4.98 Å². The summed E-state index contributed by atoms with van der Waals surface area (Å²) in [5.41, 5.74) is 2.91. The normalized spacial score (nSPS) is 14.3. The lowest BCUT2D eigenvalue weighted by Gasteiger charge is -2.22. The monoisotopic (exact) mass is 409 g/mol. The van der Waals surface area contributed by atoms with Crippen LogP contribution in [0.25, 0.3) is 11.0 Å². The van der Waals surface area contributed by atoms with Crippen molar-refractivity contribution in [1.82, 2.24) is 14.8 Å². The second-order valence-electron chi connectivity index (χ2n) is 8.45. The topological polar surface area (TPSA) is 63.1 Å². The van der Waals surface area contributed by atoms with E-state index in [0.717, 1.165) is 37.3 Å². The highest BCUT2D eigenvalue weighted by atomic mass is 19.1. The highest BCUT2D eigenvalue weighted by molar-refractivity contribution is 6.13. The second-order valence-corrected chi connectivity index (χ2v) is 8.45. The van der Waals surface area contributed by atoms with E-state index >= 15 is 0 Å². The largest absolute Gasteiger partial charge is 0.370 e. The van der Waals surface area contributed by atoms with Gasteiger partial charge in [-0.25, -0.2) is 14.1 Å². The average molecular weight is 410 g/mol.